The molecule has 0 aliphatic rings. The molecule has 0 aliphatic carbocycles. The Morgan fingerprint density at radius 3 is 3.00 bits per heavy atom. The van der Waals surface area contributed by atoms with Crippen LogP contribution in [0.1, 0.15) is 13.3 Å². The van der Waals surface area contributed by atoms with Gasteiger partial charge in [-0.15, -0.1) is 5.10 Å². The number of thiocarbonyl (C=S) groups is 1. The molecule has 14 heavy (non-hydrogen) atoms. The quantitative estimate of drug-likeness (QED) is 0.747. The highest BCUT2D eigenvalue weighted by molar-refractivity contribution is 7.80. The van der Waals surface area contributed by atoms with E-state index in [1.54, 1.807) is 0 Å². The number of anilines is 1. The molecular weight excluding hydrogens is 220 g/mol. The molecule has 7 heteroatoms. The summed E-state index contributed by atoms with van der Waals surface area (Å²) in [6, 6.07) is 0. The average molecular weight is 230 g/mol. The topological polar surface area (TPSA) is 80.9 Å². The van der Waals surface area contributed by atoms with Crippen molar-refractivity contribution in [2.24, 2.45) is 11.7 Å². The zero-order valence-electron chi connectivity index (χ0n) is 7.56. The molecule has 0 spiro atoms. The smallest absolute Gasteiger partial charge is 0.234 e. The molecule has 0 saturated carbocycles. The van der Waals surface area contributed by atoms with E-state index in [9.17, 15) is 4.79 Å². The van der Waals surface area contributed by atoms with Gasteiger partial charge in [-0.05, 0) is 6.42 Å². The number of nitrogens with one attached hydrogen (secondary N) is 1. The van der Waals surface area contributed by atoms with Gasteiger partial charge in [-0.3, -0.25) is 4.79 Å². The summed E-state index contributed by atoms with van der Waals surface area (Å²) in [5.41, 5.74) is 5.42. The zero-order chi connectivity index (χ0) is 10.6. The molecule has 0 bridgehead atoms. The van der Waals surface area contributed by atoms with Crippen LogP contribution >= 0.6 is 23.8 Å². The summed E-state index contributed by atoms with van der Waals surface area (Å²) in [5, 5.41) is 6.84. The lowest BCUT2D eigenvalue weighted by Gasteiger charge is -2.11. The normalized spacial score (nSPS) is 12.1. The van der Waals surface area contributed by atoms with Crippen LogP contribution in [0.2, 0.25) is 0 Å². The monoisotopic (exact) mass is 230 g/mol. The fourth-order valence-electron chi connectivity index (χ4n) is 0.947. The molecule has 1 heterocycles. The van der Waals surface area contributed by atoms with E-state index in [4.69, 9.17) is 18.0 Å². The maximum Gasteiger partial charge on any atom is 0.234 e. The highest BCUT2D eigenvalue weighted by atomic mass is 32.1. The maximum atomic E-state index is 11.6. The van der Waals surface area contributed by atoms with Crippen LogP contribution in [0, 0.1) is 5.92 Å². The first-order chi connectivity index (χ1) is 6.65. The van der Waals surface area contributed by atoms with Crippen LogP contribution in [0.4, 0.5) is 5.00 Å². The predicted octanol–water partition coefficient (Wildman–Crippen LogP) is 0.789. The summed E-state index contributed by atoms with van der Waals surface area (Å²) in [4.78, 5) is 11.8. The van der Waals surface area contributed by atoms with Crippen molar-refractivity contribution in [3.63, 3.8) is 0 Å². The molecule has 1 atom stereocenters. The second-order valence-corrected chi connectivity index (χ2v) is 3.89. The molecule has 0 radical (unpaired) electrons. The van der Waals surface area contributed by atoms with Gasteiger partial charge in [0.1, 0.15) is 5.00 Å². The minimum absolute atomic E-state index is 0.203. The van der Waals surface area contributed by atoms with Crippen LogP contribution in [-0.2, 0) is 4.79 Å². The lowest BCUT2D eigenvalue weighted by atomic mass is 10.1. The Balaban J connectivity index is 2.61. The van der Waals surface area contributed by atoms with Crippen LogP contribution in [-0.4, -0.2) is 20.5 Å². The third-order valence-corrected chi connectivity index (χ3v) is 2.54. The van der Waals surface area contributed by atoms with Crippen LogP contribution in [0.5, 0.6) is 0 Å². The Bertz CT molecular complexity index is 324. The van der Waals surface area contributed by atoms with Crippen LogP contribution in [0.3, 0.4) is 0 Å². The van der Waals surface area contributed by atoms with Gasteiger partial charge in [0.15, 0.2) is 0 Å². The van der Waals surface area contributed by atoms with Crippen molar-refractivity contribution in [1.82, 2.24) is 9.59 Å². The molecule has 1 amide bonds. The van der Waals surface area contributed by atoms with Gasteiger partial charge in [0.2, 0.25) is 5.91 Å². The molecule has 5 nitrogen and oxygen atoms in total. The van der Waals surface area contributed by atoms with Gasteiger partial charge in [-0.25, -0.2) is 0 Å². The van der Waals surface area contributed by atoms with Gasteiger partial charge in [0.05, 0.1) is 17.1 Å². The Hall–Kier alpha value is -1.08. The minimum Gasteiger partial charge on any atom is -0.393 e. The molecule has 0 aromatic carbocycles. The van der Waals surface area contributed by atoms with Crippen molar-refractivity contribution in [2.45, 2.75) is 13.3 Å². The van der Waals surface area contributed by atoms with E-state index >= 15 is 0 Å². The Kier molecular flexibility index (Phi) is 3.90. The lowest BCUT2D eigenvalue weighted by molar-refractivity contribution is -0.118. The molecule has 0 fully saturated rings. The zero-order valence-corrected chi connectivity index (χ0v) is 9.19. The van der Waals surface area contributed by atoms with E-state index in [-0.39, 0.29) is 10.9 Å². The minimum atomic E-state index is -0.424. The highest BCUT2D eigenvalue weighted by Crippen LogP contribution is 2.12. The van der Waals surface area contributed by atoms with Gasteiger partial charge >= 0.3 is 0 Å². The molecule has 1 rings (SSSR count). The number of nitrogens with two attached hydrogens (primary N) is 1. The first-order valence-corrected chi connectivity index (χ1v) is 5.20. The fraction of sp³-hybridized carbons (Fsp3) is 0.429. The summed E-state index contributed by atoms with van der Waals surface area (Å²) in [6.07, 6.45) is 2.07. The van der Waals surface area contributed by atoms with E-state index in [0.717, 1.165) is 11.5 Å². The van der Waals surface area contributed by atoms with E-state index in [0.29, 0.717) is 11.4 Å². The van der Waals surface area contributed by atoms with Crippen molar-refractivity contribution in [3.8, 4) is 0 Å². The Morgan fingerprint density at radius 2 is 2.57 bits per heavy atom. The third kappa shape index (κ3) is 2.71. The number of hydrogen-bond acceptors (Lipinski definition) is 5. The van der Waals surface area contributed by atoms with Gasteiger partial charge in [0, 0.05) is 11.5 Å². The second-order valence-electron chi connectivity index (χ2n) is 2.63. The van der Waals surface area contributed by atoms with Crippen LogP contribution in [0.25, 0.3) is 0 Å². The Morgan fingerprint density at radius 1 is 1.86 bits per heavy atom. The van der Waals surface area contributed by atoms with Crippen LogP contribution < -0.4 is 11.1 Å². The third-order valence-electron chi connectivity index (χ3n) is 1.68. The standard InChI is InChI=1S/C7H10N4OS2/c1-2-4(6(8)13)7(12)10-5-3-9-11-14-5/h3-4H,2H2,1H3,(H2,8,13)(H,10,12). The number of rotatable bonds is 4. The van der Waals surface area contributed by atoms with Crippen molar-refractivity contribution in [1.29, 1.82) is 0 Å². The summed E-state index contributed by atoms with van der Waals surface area (Å²) < 4.78 is 3.62. The first-order valence-electron chi connectivity index (χ1n) is 4.02. The molecule has 3 N–H and O–H groups in total. The molecule has 76 valence electrons. The lowest BCUT2D eigenvalue weighted by Crippen LogP contribution is -2.32. The summed E-state index contributed by atoms with van der Waals surface area (Å²) >= 11 is 5.89. The first kappa shape index (κ1) is 11.0. The fourth-order valence-corrected chi connectivity index (χ4v) is 1.64. The van der Waals surface area contributed by atoms with Crippen molar-refractivity contribution >= 4 is 39.6 Å². The van der Waals surface area contributed by atoms with Crippen molar-refractivity contribution in [3.05, 3.63) is 6.20 Å². The number of carbonyl (C=O) groups is 1. The van der Waals surface area contributed by atoms with Gasteiger partial charge < -0.3 is 11.1 Å². The number of carbonyl (C=O) groups excluding carboxylic acids is 1. The predicted molar refractivity (Wildman–Crippen MR) is 59.1 cm³/mol. The molecular formula is C7H10N4OS2. The Labute approximate surface area is 90.9 Å². The van der Waals surface area contributed by atoms with E-state index in [2.05, 4.69) is 14.9 Å². The molecule has 1 aromatic heterocycles. The van der Waals surface area contributed by atoms with E-state index in [1.807, 2.05) is 6.92 Å². The molecule has 1 aromatic rings. The van der Waals surface area contributed by atoms with Crippen molar-refractivity contribution < 1.29 is 4.79 Å². The van der Waals surface area contributed by atoms with Crippen LogP contribution in [0.15, 0.2) is 6.20 Å². The molecule has 0 aliphatic heterocycles. The largest absolute Gasteiger partial charge is 0.393 e. The van der Waals surface area contributed by atoms with E-state index in [1.165, 1.54) is 6.20 Å². The average Bonchev–Trinajstić information content (AvgIpc) is 2.57. The number of amides is 1. The molecule has 1 unspecified atom stereocenters. The molecule has 0 saturated heterocycles. The van der Waals surface area contributed by atoms with Gasteiger partial charge in [0.25, 0.3) is 0 Å². The maximum absolute atomic E-state index is 11.6. The SMILES string of the molecule is CCC(C(=O)Nc1cnns1)C(N)=S. The number of hydrogen-bond donors (Lipinski definition) is 2. The summed E-state index contributed by atoms with van der Waals surface area (Å²) in [5.74, 6) is -0.627. The van der Waals surface area contributed by atoms with Gasteiger partial charge in [-0.2, -0.15) is 0 Å². The summed E-state index contributed by atoms with van der Waals surface area (Å²) in [7, 11) is 0. The number of aromatic nitrogens is 2. The highest BCUT2D eigenvalue weighted by Gasteiger charge is 2.19. The summed E-state index contributed by atoms with van der Waals surface area (Å²) in [6.45, 7) is 1.86. The van der Waals surface area contributed by atoms with Crippen molar-refractivity contribution in [2.75, 3.05) is 5.32 Å². The van der Waals surface area contributed by atoms with Gasteiger partial charge in [-0.1, -0.05) is 23.6 Å². The van der Waals surface area contributed by atoms with E-state index < -0.39 is 5.92 Å². The second kappa shape index (κ2) is 4.97. The number of nitrogens with zero attached hydrogens (tertiary/aromatic N) is 2.